The van der Waals surface area contributed by atoms with Crippen LogP contribution in [0.4, 0.5) is 10.2 Å². The molecule has 5 heterocycles. The van der Waals surface area contributed by atoms with Gasteiger partial charge in [0.05, 0.1) is 16.1 Å². The first-order valence-electron chi connectivity index (χ1n) is 15.3. The maximum absolute atomic E-state index is 14.6. The van der Waals surface area contributed by atoms with Crippen molar-refractivity contribution in [3.8, 4) is 17.1 Å². The minimum absolute atomic E-state index is 0.0136. The van der Waals surface area contributed by atoms with Crippen molar-refractivity contribution in [3.05, 3.63) is 77.5 Å². The summed E-state index contributed by atoms with van der Waals surface area (Å²) in [6.07, 6.45) is 7.52. The van der Waals surface area contributed by atoms with Gasteiger partial charge in [-0.2, -0.15) is 9.97 Å². The number of benzene rings is 2. The average molecular weight is 626 g/mol. The monoisotopic (exact) mass is 625 g/mol. The molecule has 0 unspecified atom stereocenters. The van der Waals surface area contributed by atoms with E-state index in [0.717, 1.165) is 55.3 Å². The molecule has 0 N–H and O–H groups in total. The highest BCUT2D eigenvalue weighted by atomic mass is 35.5. The number of rotatable bonds is 7. The van der Waals surface area contributed by atoms with Crippen molar-refractivity contribution in [2.75, 3.05) is 50.8 Å². The van der Waals surface area contributed by atoms with Crippen LogP contribution >= 0.6 is 11.6 Å². The highest BCUT2D eigenvalue weighted by Crippen LogP contribution is 2.40. The van der Waals surface area contributed by atoms with Crippen LogP contribution in [0.15, 0.2) is 55.3 Å². The van der Waals surface area contributed by atoms with Crippen LogP contribution in [-0.2, 0) is 4.79 Å². The van der Waals surface area contributed by atoms with Crippen molar-refractivity contribution in [1.29, 1.82) is 0 Å². The number of nitrogens with zero attached hydrogens (tertiary/aromatic N) is 7. The van der Waals surface area contributed by atoms with Gasteiger partial charge in [-0.05, 0) is 67.9 Å². The van der Waals surface area contributed by atoms with Gasteiger partial charge in [0.2, 0.25) is 12.5 Å². The quantitative estimate of drug-likeness (QED) is 0.191. The lowest BCUT2D eigenvalue weighted by molar-refractivity contribution is -0.128. The molecule has 9 nitrogen and oxygen atoms in total. The number of hydrogen-bond acceptors (Lipinski definition) is 7. The third kappa shape index (κ3) is 5.24. The van der Waals surface area contributed by atoms with Crippen LogP contribution in [-0.4, -0.2) is 88.1 Å². The third-order valence-corrected chi connectivity index (χ3v) is 9.94. The Morgan fingerprint density at radius 3 is 2.78 bits per heavy atom. The van der Waals surface area contributed by atoms with E-state index in [9.17, 15) is 9.18 Å². The molecule has 0 aliphatic carbocycles. The maximum Gasteiger partial charge on any atom is 0.319 e. The fourth-order valence-electron chi connectivity index (χ4n) is 7.34. The number of amides is 1. The Bertz CT molecular complexity index is 1850. The summed E-state index contributed by atoms with van der Waals surface area (Å²) in [5, 5.41) is 1.49. The summed E-state index contributed by atoms with van der Waals surface area (Å²) in [7, 11) is 0. The predicted molar refractivity (Wildman–Crippen MR) is 173 cm³/mol. The molecular weight excluding hydrogens is 593 g/mol. The normalized spacial score (nSPS) is 19.5. The van der Waals surface area contributed by atoms with Crippen molar-refractivity contribution in [1.82, 2.24) is 24.8 Å². The number of halogens is 2. The molecule has 0 saturated carbocycles. The molecule has 11 heteroatoms. The largest absolute Gasteiger partial charge is 0.461 e. The van der Waals surface area contributed by atoms with Crippen LogP contribution in [0.3, 0.4) is 0 Å². The van der Waals surface area contributed by atoms with Gasteiger partial charge in [-0.1, -0.05) is 42.4 Å². The van der Waals surface area contributed by atoms with Crippen molar-refractivity contribution >= 4 is 45.1 Å². The van der Waals surface area contributed by atoms with Crippen molar-refractivity contribution < 1.29 is 13.9 Å². The van der Waals surface area contributed by atoms with Crippen molar-refractivity contribution in [2.45, 2.75) is 37.3 Å². The lowest BCUT2D eigenvalue weighted by Gasteiger charge is -2.39. The molecule has 2 aromatic heterocycles. The standard InChI is InChI=1S/C34H33ClFN7O2/c1-3-28(44)43-16-15-41(20-24(43)19-37-2)32-31-27(39-33(40-32)45-21-34-11-5-13-42(34)14-6-12-34)17-23(18-38-31)25-8-4-7-22-9-10-26(36)30(35)29(22)25/h3-4,7-10,17-18,24H,1,5-6,11-16,19-21H2/t24-/m0/s1. The molecule has 3 saturated heterocycles. The molecule has 0 bridgehead atoms. The van der Waals surface area contributed by atoms with E-state index >= 15 is 0 Å². The molecule has 230 valence electrons. The Balaban J connectivity index is 1.31. The van der Waals surface area contributed by atoms with Gasteiger partial charge in [-0.15, -0.1) is 0 Å². The number of pyridine rings is 1. The van der Waals surface area contributed by atoms with E-state index < -0.39 is 5.82 Å². The van der Waals surface area contributed by atoms with E-state index in [1.54, 1.807) is 17.2 Å². The summed E-state index contributed by atoms with van der Waals surface area (Å²) < 4.78 is 21.0. The maximum atomic E-state index is 14.6. The van der Waals surface area contributed by atoms with Crippen molar-refractivity contribution in [3.63, 3.8) is 0 Å². The number of fused-ring (bicyclic) bond motifs is 3. The Kier molecular flexibility index (Phi) is 7.76. The van der Waals surface area contributed by atoms with E-state index in [1.807, 2.05) is 24.3 Å². The van der Waals surface area contributed by atoms with Crippen LogP contribution in [0.5, 0.6) is 6.01 Å². The Labute approximate surface area is 266 Å². The second-order valence-corrected chi connectivity index (χ2v) is 12.4. The summed E-state index contributed by atoms with van der Waals surface area (Å²) in [4.78, 5) is 37.0. The molecule has 1 atom stereocenters. The molecule has 2 aromatic carbocycles. The molecule has 3 fully saturated rings. The Morgan fingerprint density at radius 2 is 2.00 bits per heavy atom. The Morgan fingerprint density at radius 1 is 1.18 bits per heavy atom. The van der Waals surface area contributed by atoms with E-state index in [2.05, 4.69) is 21.2 Å². The van der Waals surface area contributed by atoms with Gasteiger partial charge in [0.15, 0.2) is 5.82 Å². The van der Waals surface area contributed by atoms with Gasteiger partial charge >= 0.3 is 6.01 Å². The number of aromatic nitrogens is 3. The van der Waals surface area contributed by atoms with E-state index in [0.29, 0.717) is 48.5 Å². The number of ether oxygens (including phenoxy) is 1. The van der Waals surface area contributed by atoms with Gasteiger partial charge in [0.25, 0.3) is 0 Å². The number of hydrogen-bond donors (Lipinski definition) is 0. The SMILES string of the molecule is [C-]#[N+]C[C@H]1CN(c2nc(OCC34CCCN3CCC4)nc3cc(-c4cccc5ccc(F)c(Cl)c45)cnc23)CCN1C(=O)C=C. The topological polar surface area (TPSA) is 79.1 Å². The van der Waals surface area contributed by atoms with Crippen LogP contribution in [0.1, 0.15) is 25.7 Å². The summed E-state index contributed by atoms with van der Waals surface area (Å²) in [6, 6.07) is 10.6. The summed E-state index contributed by atoms with van der Waals surface area (Å²) in [5.41, 5.74) is 2.65. The minimum atomic E-state index is -0.485. The van der Waals surface area contributed by atoms with Crippen LogP contribution < -0.4 is 9.64 Å². The number of carbonyl (C=O) groups excluding carboxylic acids is 1. The molecule has 3 aliphatic heterocycles. The van der Waals surface area contributed by atoms with E-state index in [4.69, 9.17) is 37.9 Å². The highest BCUT2D eigenvalue weighted by molar-refractivity contribution is 6.36. The molecule has 7 rings (SSSR count). The van der Waals surface area contributed by atoms with E-state index in [1.165, 1.54) is 12.1 Å². The lowest BCUT2D eigenvalue weighted by Crippen LogP contribution is -2.56. The Hall–Kier alpha value is -4.33. The number of anilines is 1. The summed E-state index contributed by atoms with van der Waals surface area (Å²) in [6.45, 7) is 15.3. The highest BCUT2D eigenvalue weighted by Gasteiger charge is 2.45. The summed E-state index contributed by atoms with van der Waals surface area (Å²) >= 11 is 6.48. The second-order valence-electron chi connectivity index (χ2n) is 12.1. The van der Waals surface area contributed by atoms with Crippen LogP contribution in [0.2, 0.25) is 5.02 Å². The average Bonchev–Trinajstić information content (AvgIpc) is 3.65. The first-order chi connectivity index (χ1) is 21.9. The number of piperazine rings is 1. The first kappa shape index (κ1) is 29.4. The van der Waals surface area contributed by atoms with Gasteiger partial charge in [-0.25, -0.2) is 11.0 Å². The smallest absolute Gasteiger partial charge is 0.319 e. The van der Waals surface area contributed by atoms with Gasteiger partial charge in [0, 0.05) is 36.8 Å². The first-order valence-corrected chi connectivity index (χ1v) is 15.7. The number of carbonyl (C=O) groups is 1. The summed E-state index contributed by atoms with van der Waals surface area (Å²) in [5.74, 6) is -0.0814. The van der Waals surface area contributed by atoms with Gasteiger partial charge < -0.3 is 19.4 Å². The molecular formula is C34H33ClFN7O2. The van der Waals surface area contributed by atoms with Crippen molar-refractivity contribution in [2.24, 2.45) is 0 Å². The zero-order valence-electron chi connectivity index (χ0n) is 24.9. The molecule has 4 aromatic rings. The van der Waals surface area contributed by atoms with Crippen LogP contribution in [0.25, 0.3) is 37.8 Å². The van der Waals surface area contributed by atoms with Gasteiger partial charge in [-0.3, -0.25) is 14.7 Å². The minimum Gasteiger partial charge on any atom is -0.461 e. The van der Waals surface area contributed by atoms with Gasteiger partial charge in [0.1, 0.15) is 24.0 Å². The molecule has 0 spiro atoms. The molecule has 3 aliphatic rings. The predicted octanol–water partition coefficient (Wildman–Crippen LogP) is 5.77. The fraction of sp³-hybridized carbons (Fsp3) is 0.382. The molecule has 1 amide bonds. The van der Waals surface area contributed by atoms with Crippen LogP contribution in [0, 0.1) is 12.4 Å². The fourth-order valence-corrected chi connectivity index (χ4v) is 7.62. The van der Waals surface area contributed by atoms with E-state index in [-0.39, 0.29) is 35.1 Å². The second kappa shape index (κ2) is 11.9. The molecule has 0 radical (unpaired) electrons. The zero-order chi connectivity index (χ0) is 31.1. The molecule has 45 heavy (non-hydrogen) atoms. The third-order valence-electron chi connectivity index (χ3n) is 9.57. The lowest BCUT2D eigenvalue weighted by atomic mass is 9.95. The zero-order valence-corrected chi connectivity index (χ0v) is 25.6.